The number of thiophene rings is 1. The van der Waals surface area contributed by atoms with Crippen LogP contribution in [0.25, 0.3) is 0 Å². The van der Waals surface area contributed by atoms with Gasteiger partial charge in [0.15, 0.2) is 5.78 Å². The van der Waals surface area contributed by atoms with E-state index < -0.39 is 0 Å². The summed E-state index contributed by atoms with van der Waals surface area (Å²) in [6, 6.07) is 3.92. The highest BCUT2D eigenvalue weighted by molar-refractivity contribution is 7.12. The van der Waals surface area contributed by atoms with E-state index in [0.29, 0.717) is 11.7 Å². The molecule has 0 amide bonds. The molecule has 1 aliphatic rings. The van der Waals surface area contributed by atoms with E-state index in [1.54, 1.807) is 11.3 Å². The summed E-state index contributed by atoms with van der Waals surface area (Å²) in [5, 5.41) is 1.99. The summed E-state index contributed by atoms with van der Waals surface area (Å²) < 4.78 is 0. The largest absolute Gasteiger partial charge is 0.297 e. The molecule has 0 aromatic carbocycles. The van der Waals surface area contributed by atoms with Crippen LogP contribution in [0, 0.1) is 5.92 Å². The minimum Gasteiger partial charge on any atom is -0.297 e. The van der Waals surface area contributed by atoms with Crippen molar-refractivity contribution in [1.29, 1.82) is 0 Å². The molecule has 1 heterocycles. The zero-order valence-electron chi connectivity index (χ0n) is 10.9. The molecule has 2 nitrogen and oxygen atoms in total. The maximum atomic E-state index is 12.7. The molecular weight excluding hydrogens is 230 g/mol. The van der Waals surface area contributed by atoms with Gasteiger partial charge < -0.3 is 0 Å². The number of rotatable bonds is 3. The minimum absolute atomic E-state index is 0.261. The van der Waals surface area contributed by atoms with Gasteiger partial charge in [-0.3, -0.25) is 9.69 Å². The van der Waals surface area contributed by atoms with E-state index in [-0.39, 0.29) is 5.54 Å². The Balaban J connectivity index is 2.31. The lowest BCUT2D eigenvalue weighted by Crippen LogP contribution is -2.53. The van der Waals surface area contributed by atoms with Crippen LogP contribution in [0.5, 0.6) is 0 Å². The molecule has 1 aromatic rings. The van der Waals surface area contributed by atoms with Gasteiger partial charge in [0.25, 0.3) is 0 Å². The van der Waals surface area contributed by atoms with Gasteiger partial charge in [-0.15, -0.1) is 11.3 Å². The third kappa shape index (κ3) is 2.31. The number of hydrogen-bond donors (Lipinski definition) is 0. The highest BCUT2D eigenvalue weighted by atomic mass is 32.1. The molecule has 1 aliphatic carbocycles. The van der Waals surface area contributed by atoms with Crippen LogP contribution in [-0.2, 0) is 0 Å². The third-order valence-electron chi connectivity index (χ3n) is 4.00. The number of carbonyl (C=O) groups excluding carboxylic acids is 1. The molecule has 0 aliphatic heterocycles. The van der Waals surface area contributed by atoms with Gasteiger partial charge in [0.05, 0.1) is 10.4 Å². The van der Waals surface area contributed by atoms with Gasteiger partial charge in [-0.1, -0.05) is 25.8 Å². The first-order valence-corrected chi connectivity index (χ1v) is 7.20. The maximum Gasteiger partial charge on any atom is 0.192 e. The quantitative estimate of drug-likeness (QED) is 0.767. The van der Waals surface area contributed by atoms with Gasteiger partial charge in [-0.05, 0) is 44.3 Å². The van der Waals surface area contributed by atoms with Crippen molar-refractivity contribution in [2.24, 2.45) is 5.92 Å². The van der Waals surface area contributed by atoms with E-state index in [4.69, 9.17) is 0 Å². The first-order chi connectivity index (χ1) is 8.06. The second-order valence-electron chi connectivity index (χ2n) is 5.43. The number of nitrogens with zero attached hydrogens (tertiary/aromatic N) is 1. The Morgan fingerprint density at radius 2 is 2.29 bits per heavy atom. The first-order valence-electron chi connectivity index (χ1n) is 6.32. The fraction of sp³-hybridized carbons (Fsp3) is 0.643. The van der Waals surface area contributed by atoms with Gasteiger partial charge in [0.2, 0.25) is 0 Å². The summed E-state index contributed by atoms with van der Waals surface area (Å²) in [5.41, 5.74) is -0.261. The third-order valence-corrected chi connectivity index (χ3v) is 4.87. The number of ketones is 1. The molecule has 1 aromatic heterocycles. The zero-order valence-corrected chi connectivity index (χ0v) is 11.7. The normalized spacial score (nSPS) is 29.5. The van der Waals surface area contributed by atoms with Crippen LogP contribution >= 0.6 is 11.3 Å². The summed E-state index contributed by atoms with van der Waals surface area (Å²) in [6.45, 7) is 2.26. The van der Waals surface area contributed by atoms with Crippen molar-refractivity contribution in [3.8, 4) is 0 Å². The van der Waals surface area contributed by atoms with E-state index >= 15 is 0 Å². The molecular formula is C14H21NOS. The van der Waals surface area contributed by atoms with Crippen LogP contribution in [0.1, 0.15) is 42.3 Å². The van der Waals surface area contributed by atoms with Gasteiger partial charge in [0.1, 0.15) is 0 Å². The van der Waals surface area contributed by atoms with Crippen molar-refractivity contribution in [1.82, 2.24) is 4.90 Å². The predicted octanol–water partition coefficient (Wildman–Crippen LogP) is 3.44. The summed E-state index contributed by atoms with van der Waals surface area (Å²) in [4.78, 5) is 15.8. The molecule has 0 radical (unpaired) electrons. The highest BCUT2D eigenvalue weighted by Crippen LogP contribution is 2.38. The molecule has 2 unspecified atom stereocenters. The minimum atomic E-state index is -0.261. The van der Waals surface area contributed by atoms with Crippen molar-refractivity contribution >= 4 is 17.1 Å². The van der Waals surface area contributed by atoms with Crippen LogP contribution in [-0.4, -0.2) is 30.3 Å². The summed E-state index contributed by atoms with van der Waals surface area (Å²) in [5.74, 6) is 0.971. The molecule has 2 atom stereocenters. The molecule has 1 fully saturated rings. The second-order valence-corrected chi connectivity index (χ2v) is 6.38. The fourth-order valence-electron chi connectivity index (χ4n) is 2.98. The Hall–Kier alpha value is -0.670. The molecule has 0 bridgehead atoms. The topological polar surface area (TPSA) is 20.3 Å². The molecule has 3 heteroatoms. The van der Waals surface area contributed by atoms with Crippen molar-refractivity contribution < 1.29 is 4.79 Å². The molecule has 17 heavy (non-hydrogen) atoms. The Morgan fingerprint density at radius 3 is 2.82 bits per heavy atom. The van der Waals surface area contributed by atoms with Gasteiger partial charge in [-0.2, -0.15) is 0 Å². The van der Waals surface area contributed by atoms with E-state index in [1.807, 2.05) is 31.6 Å². The average molecular weight is 251 g/mol. The average Bonchev–Trinajstić information content (AvgIpc) is 2.81. The lowest BCUT2D eigenvalue weighted by molar-refractivity contribution is 0.0491. The van der Waals surface area contributed by atoms with Gasteiger partial charge in [-0.25, -0.2) is 0 Å². The fourth-order valence-corrected chi connectivity index (χ4v) is 3.73. The van der Waals surface area contributed by atoms with Crippen LogP contribution < -0.4 is 0 Å². The Labute approximate surface area is 108 Å². The van der Waals surface area contributed by atoms with Crippen molar-refractivity contribution in [3.05, 3.63) is 22.4 Å². The van der Waals surface area contributed by atoms with Gasteiger partial charge in [0, 0.05) is 0 Å². The van der Waals surface area contributed by atoms with E-state index in [0.717, 1.165) is 24.1 Å². The van der Waals surface area contributed by atoms with Crippen molar-refractivity contribution in [2.45, 2.75) is 38.1 Å². The monoisotopic (exact) mass is 251 g/mol. The molecule has 0 N–H and O–H groups in total. The van der Waals surface area contributed by atoms with Crippen LogP contribution in [0.2, 0.25) is 0 Å². The smallest absolute Gasteiger partial charge is 0.192 e. The molecule has 2 rings (SSSR count). The number of likely N-dealkylation sites (N-methyl/N-ethyl adjacent to an activating group) is 1. The second kappa shape index (κ2) is 4.91. The van der Waals surface area contributed by atoms with E-state index in [2.05, 4.69) is 11.8 Å². The number of hydrogen-bond acceptors (Lipinski definition) is 3. The number of Topliss-reactive ketones (excluding diaryl/α,β-unsaturated/α-hetero) is 1. The lowest BCUT2D eigenvalue weighted by Gasteiger charge is -2.43. The standard InChI is InChI=1S/C14H21NOS/c1-11-6-4-8-14(10-11,15(2)3)13(16)12-7-5-9-17-12/h5,7,9,11H,4,6,8,10H2,1-3H3. The molecule has 1 saturated carbocycles. The Morgan fingerprint density at radius 1 is 1.53 bits per heavy atom. The number of carbonyl (C=O) groups is 1. The van der Waals surface area contributed by atoms with Crippen LogP contribution in [0.15, 0.2) is 17.5 Å². The lowest BCUT2D eigenvalue weighted by atomic mass is 9.73. The summed E-state index contributed by atoms with van der Waals surface area (Å²) in [6.07, 6.45) is 4.42. The summed E-state index contributed by atoms with van der Waals surface area (Å²) in [7, 11) is 4.09. The van der Waals surface area contributed by atoms with Crippen molar-refractivity contribution in [3.63, 3.8) is 0 Å². The van der Waals surface area contributed by atoms with Crippen LogP contribution in [0.4, 0.5) is 0 Å². The molecule has 0 spiro atoms. The van der Waals surface area contributed by atoms with Gasteiger partial charge >= 0.3 is 0 Å². The van der Waals surface area contributed by atoms with E-state index in [9.17, 15) is 4.79 Å². The Kier molecular flexibility index (Phi) is 3.69. The molecule has 0 saturated heterocycles. The highest BCUT2D eigenvalue weighted by Gasteiger charge is 2.44. The predicted molar refractivity (Wildman–Crippen MR) is 72.7 cm³/mol. The van der Waals surface area contributed by atoms with E-state index in [1.165, 1.54) is 6.42 Å². The zero-order chi connectivity index (χ0) is 12.5. The maximum absolute atomic E-state index is 12.7. The summed E-state index contributed by atoms with van der Waals surface area (Å²) >= 11 is 1.57. The molecule has 94 valence electrons. The SMILES string of the molecule is CC1CCCC(C(=O)c2cccs2)(N(C)C)C1. The van der Waals surface area contributed by atoms with Crippen molar-refractivity contribution in [2.75, 3.05) is 14.1 Å². The Bertz CT molecular complexity index is 385. The first kappa shape index (κ1) is 12.8. The van der Waals surface area contributed by atoms with Crippen LogP contribution in [0.3, 0.4) is 0 Å².